The molecule has 4 heteroatoms. The molecule has 33 heavy (non-hydrogen) atoms. The molecule has 1 atom stereocenters. The normalized spacial score (nSPS) is 18.3. The second kappa shape index (κ2) is 9.63. The molecular formula is C29H31N3O. The number of aryl methyl sites for hydroxylation is 1. The molecule has 0 saturated carbocycles. The molecule has 1 aliphatic carbocycles. The Morgan fingerprint density at radius 2 is 1.82 bits per heavy atom. The van der Waals surface area contributed by atoms with Crippen LogP contribution in [0.25, 0.3) is 17.0 Å². The first-order valence-corrected chi connectivity index (χ1v) is 11.9. The number of carbonyl (C=O) groups excluding carboxylic acids is 1. The average molecular weight is 438 g/mol. The van der Waals surface area contributed by atoms with Gasteiger partial charge in [-0.05, 0) is 49.5 Å². The first-order valence-electron chi connectivity index (χ1n) is 11.9. The minimum Gasteiger partial charge on any atom is -0.333 e. The number of piperazine rings is 1. The second-order valence-electron chi connectivity index (χ2n) is 8.92. The Kier molecular flexibility index (Phi) is 6.27. The minimum absolute atomic E-state index is 0.130. The van der Waals surface area contributed by atoms with Crippen molar-refractivity contribution >= 4 is 11.6 Å². The molecule has 1 aliphatic heterocycles. The number of rotatable bonds is 5. The van der Waals surface area contributed by atoms with Crippen molar-refractivity contribution < 1.29 is 4.79 Å². The Morgan fingerprint density at radius 3 is 2.55 bits per heavy atom. The smallest absolute Gasteiger partial charge is 0.256 e. The lowest BCUT2D eigenvalue weighted by Crippen LogP contribution is -2.54. The van der Waals surface area contributed by atoms with E-state index in [0.717, 1.165) is 61.4 Å². The van der Waals surface area contributed by atoms with Crippen LogP contribution >= 0.6 is 0 Å². The number of nitrogens with zero attached hydrogens (tertiary/aromatic N) is 2. The van der Waals surface area contributed by atoms with Gasteiger partial charge in [-0.15, -0.1) is 0 Å². The number of hydrogen-bond acceptors (Lipinski definition) is 2. The Labute approximate surface area is 196 Å². The van der Waals surface area contributed by atoms with Gasteiger partial charge in [-0.1, -0.05) is 72.8 Å². The molecule has 1 amide bonds. The second-order valence-corrected chi connectivity index (χ2v) is 8.92. The lowest BCUT2D eigenvalue weighted by atomic mass is 10.0. The van der Waals surface area contributed by atoms with Crippen molar-refractivity contribution in [1.82, 2.24) is 14.8 Å². The molecule has 4 nitrogen and oxygen atoms in total. The van der Waals surface area contributed by atoms with E-state index in [4.69, 9.17) is 0 Å². The van der Waals surface area contributed by atoms with Gasteiger partial charge >= 0.3 is 0 Å². The van der Waals surface area contributed by atoms with Crippen LogP contribution in [0.5, 0.6) is 0 Å². The summed E-state index contributed by atoms with van der Waals surface area (Å²) in [4.78, 5) is 16.2. The fourth-order valence-electron chi connectivity index (χ4n) is 5.08. The Balaban J connectivity index is 1.56. The van der Waals surface area contributed by atoms with Crippen LogP contribution in [0, 0.1) is 6.92 Å². The molecule has 2 aliphatic rings. The maximum absolute atomic E-state index is 14.1. The van der Waals surface area contributed by atoms with Crippen LogP contribution in [0.2, 0.25) is 0 Å². The summed E-state index contributed by atoms with van der Waals surface area (Å²) in [6, 6.07) is 23.1. The van der Waals surface area contributed by atoms with Gasteiger partial charge in [0.2, 0.25) is 0 Å². The molecule has 3 aromatic rings. The fraction of sp³-hybridized carbons (Fsp3) is 0.276. The van der Waals surface area contributed by atoms with Crippen molar-refractivity contribution in [3.63, 3.8) is 0 Å². The number of carbonyl (C=O) groups is 1. The molecule has 0 radical (unpaired) electrons. The molecule has 2 aromatic carbocycles. The summed E-state index contributed by atoms with van der Waals surface area (Å²) < 4.78 is 2.29. The molecule has 5 rings (SSSR count). The zero-order valence-electron chi connectivity index (χ0n) is 19.2. The van der Waals surface area contributed by atoms with Crippen molar-refractivity contribution in [2.75, 3.05) is 19.6 Å². The lowest BCUT2D eigenvalue weighted by molar-refractivity contribution is 0.0637. The van der Waals surface area contributed by atoms with E-state index in [1.807, 2.05) is 12.1 Å². The van der Waals surface area contributed by atoms with Crippen LogP contribution in [-0.4, -0.2) is 41.1 Å². The summed E-state index contributed by atoms with van der Waals surface area (Å²) in [6.45, 7) is 4.48. The zero-order chi connectivity index (χ0) is 22.6. The van der Waals surface area contributed by atoms with E-state index in [-0.39, 0.29) is 11.9 Å². The molecular weight excluding hydrogens is 406 g/mol. The van der Waals surface area contributed by atoms with Crippen LogP contribution in [-0.2, 0) is 6.42 Å². The SMILES string of the molecule is Cc1cc(C(=O)N2CCNC[C@H]2Cc2ccccc2)c(-c2ccccc2)n1C1=CC=CCC1. The van der Waals surface area contributed by atoms with E-state index in [1.165, 1.54) is 11.3 Å². The van der Waals surface area contributed by atoms with Crippen LogP contribution in [0.15, 0.2) is 85.0 Å². The molecule has 1 N–H and O–H groups in total. The summed E-state index contributed by atoms with van der Waals surface area (Å²) in [5.74, 6) is 0.130. The summed E-state index contributed by atoms with van der Waals surface area (Å²) in [5, 5.41) is 3.49. The van der Waals surface area contributed by atoms with Gasteiger partial charge in [-0.25, -0.2) is 0 Å². The molecule has 2 heterocycles. The number of benzene rings is 2. The van der Waals surface area contributed by atoms with Gasteiger partial charge in [0.05, 0.1) is 11.3 Å². The van der Waals surface area contributed by atoms with Gasteiger partial charge in [-0.2, -0.15) is 0 Å². The third-order valence-corrected chi connectivity index (χ3v) is 6.67. The molecule has 1 aromatic heterocycles. The number of aromatic nitrogens is 1. The highest BCUT2D eigenvalue weighted by Crippen LogP contribution is 2.34. The standard InChI is InChI=1S/C29H31N3O/c1-22-19-27(28(24-13-7-3-8-14-24)32(22)25-15-9-4-10-16-25)29(33)31-18-17-30-21-26(31)20-23-11-5-2-6-12-23/h2-9,11-15,19,26,30H,10,16-18,20-21H2,1H3/t26-/m1/s1. The van der Waals surface area contributed by atoms with Gasteiger partial charge in [0, 0.05) is 37.1 Å². The molecule has 1 fully saturated rings. The third kappa shape index (κ3) is 4.44. The van der Waals surface area contributed by atoms with Gasteiger partial charge in [0.25, 0.3) is 5.91 Å². The van der Waals surface area contributed by atoms with Crippen LogP contribution in [0.1, 0.15) is 34.5 Å². The Morgan fingerprint density at radius 1 is 1.06 bits per heavy atom. The van der Waals surface area contributed by atoms with E-state index >= 15 is 0 Å². The Hall–Kier alpha value is -3.37. The van der Waals surface area contributed by atoms with Gasteiger partial charge in [0.1, 0.15) is 0 Å². The number of nitrogens with one attached hydrogen (secondary N) is 1. The lowest BCUT2D eigenvalue weighted by Gasteiger charge is -2.36. The quantitative estimate of drug-likeness (QED) is 0.587. The van der Waals surface area contributed by atoms with Crippen molar-refractivity contribution in [2.24, 2.45) is 0 Å². The molecule has 0 bridgehead atoms. The fourth-order valence-corrected chi connectivity index (χ4v) is 5.08. The third-order valence-electron chi connectivity index (χ3n) is 6.67. The Bertz CT molecular complexity index is 1170. The molecule has 1 saturated heterocycles. The highest BCUT2D eigenvalue weighted by atomic mass is 16.2. The number of amides is 1. The van der Waals surface area contributed by atoms with Crippen molar-refractivity contribution in [2.45, 2.75) is 32.2 Å². The van der Waals surface area contributed by atoms with E-state index in [2.05, 4.69) is 94.5 Å². The maximum Gasteiger partial charge on any atom is 0.256 e. The van der Waals surface area contributed by atoms with E-state index in [0.29, 0.717) is 0 Å². The average Bonchev–Trinajstić information content (AvgIpc) is 3.22. The maximum atomic E-state index is 14.1. The van der Waals surface area contributed by atoms with E-state index in [1.54, 1.807) is 0 Å². The van der Waals surface area contributed by atoms with Crippen molar-refractivity contribution in [1.29, 1.82) is 0 Å². The summed E-state index contributed by atoms with van der Waals surface area (Å²) in [7, 11) is 0. The predicted octanol–water partition coefficient (Wildman–Crippen LogP) is 5.31. The van der Waals surface area contributed by atoms with Crippen molar-refractivity contribution in [3.05, 3.63) is 102 Å². The van der Waals surface area contributed by atoms with Crippen LogP contribution < -0.4 is 5.32 Å². The highest BCUT2D eigenvalue weighted by Gasteiger charge is 2.31. The molecule has 0 unspecified atom stereocenters. The van der Waals surface area contributed by atoms with E-state index in [9.17, 15) is 4.79 Å². The largest absolute Gasteiger partial charge is 0.333 e. The highest BCUT2D eigenvalue weighted by molar-refractivity contribution is 6.01. The van der Waals surface area contributed by atoms with E-state index < -0.39 is 0 Å². The topological polar surface area (TPSA) is 37.3 Å². The van der Waals surface area contributed by atoms with Crippen LogP contribution in [0.4, 0.5) is 0 Å². The monoisotopic (exact) mass is 437 g/mol. The zero-order valence-corrected chi connectivity index (χ0v) is 19.2. The van der Waals surface area contributed by atoms with Crippen LogP contribution in [0.3, 0.4) is 0 Å². The predicted molar refractivity (Wildman–Crippen MR) is 135 cm³/mol. The molecule has 168 valence electrons. The van der Waals surface area contributed by atoms with Gasteiger partial charge < -0.3 is 14.8 Å². The first kappa shape index (κ1) is 21.5. The summed E-state index contributed by atoms with van der Waals surface area (Å²) >= 11 is 0. The first-order chi connectivity index (χ1) is 16.2. The van der Waals surface area contributed by atoms with Gasteiger partial charge in [0.15, 0.2) is 0 Å². The number of allylic oxidation sites excluding steroid dienone is 4. The minimum atomic E-state index is 0.130. The summed E-state index contributed by atoms with van der Waals surface area (Å²) in [5.41, 5.74) is 6.51. The van der Waals surface area contributed by atoms with Gasteiger partial charge in [-0.3, -0.25) is 4.79 Å². The molecule has 0 spiro atoms. The van der Waals surface area contributed by atoms with Crippen molar-refractivity contribution in [3.8, 4) is 11.3 Å². The number of hydrogen-bond donors (Lipinski definition) is 1. The summed E-state index contributed by atoms with van der Waals surface area (Å²) in [6.07, 6.45) is 9.37.